The molecule has 1 N–H and O–H groups in total. The number of esters is 1. The van der Waals surface area contributed by atoms with Crippen LogP contribution in [0.15, 0.2) is 29.1 Å². The number of aromatic nitrogens is 1. The molecule has 28 heavy (non-hydrogen) atoms. The van der Waals surface area contributed by atoms with E-state index in [1.165, 1.54) is 22.8 Å². The third-order valence-electron chi connectivity index (χ3n) is 4.04. The molecular weight excluding hydrogens is 380 g/mol. The molecule has 0 aliphatic carbocycles. The first-order valence-corrected chi connectivity index (χ1v) is 9.87. The molecule has 1 amide bonds. The zero-order chi connectivity index (χ0) is 20.7. The van der Waals surface area contributed by atoms with Gasteiger partial charge in [-0.15, -0.1) is 11.3 Å². The number of hydrogen-bond donors (Lipinski definition) is 1. The molecule has 1 aromatic heterocycles. The van der Waals surface area contributed by atoms with Crippen molar-refractivity contribution in [3.63, 3.8) is 0 Å². The van der Waals surface area contributed by atoms with Crippen molar-refractivity contribution >= 4 is 35.4 Å². The summed E-state index contributed by atoms with van der Waals surface area (Å²) in [7, 11) is 0. The second kappa shape index (κ2) is 9.89. The molecule has 0 fully saturated rings. The first kappa shape index (κ1) is 21.4. The van der Waals surface area contributed by atoms with Crippen LogP contribution in [0.5, 0.6) is 5.75 Å². The molecule has 0 spiro atoms. The molecule has 1 aromatic carbocycles. The van der Waals surface area contributed by atoms with E-state index in [4.69, 9.17) is 4.74 Å². The quantitative estimate of drug-likeness (QED) is 0.685. The second-order valence-corrected chi connectivity index (χ2v) is 6.96. The van der Waals surface area contributed by atoms with E-state index < -0.39 is 5.97 Å². The summed E-state index contributed by atoms with van der Waals surface area (Å²) in [6, 6.07) is 6.48. The number of likely N-dealkylation sites (N-methyl/N-ethyl adjacent to an activating group) is 1. The minimum Gasteiger partial charge on any atom is -0.508 e. The summed E-state index contributed by atoms with van der Waals surface area (Å²) in [6.07, 6.45) is 2.85. The fraction of sp³-hybridized carbons (Fsp3) is 0.350. The van der Waals surface area contributed by atoms with Crippen molar-refractivity contribution in [2.75, 3.05) is 19.7 Å². The van der Waals surface area contributed by atoms with Gasteiger partial charge in [0, 0.05) is 13.1 Å². The maximum absolute atomic E-state index is 12.9. The van der Waals surface area contributed by atoms with Gasteiger partial charge in [-0.25, -0.2) is 4.79 Å². The molecule has 1 heterocycles. The fourth-order valence-electron chi connectivity index (χ4n) is 2.66. The van der Waals surface area contributed by atoms with Gasteiger partial charge in [0.1, 0.15) is 17.0 Å². The van der Waals surface area contributed by atoms with Gasteiger partial charge >= 0.3 is 5.97 Å². The summed E-state index contributed by atoms with van der Waals surface area (Å²) in [5, 5.41) is 9.62. The van der Waals surface area contributed by atoms with E-state index in [1.54, 1.807) is 30.0 Å². The Morgan fingerprint density at radius 1 is 1.25 bits per heavy atom. The molecule has 2 rings (SSSR count). The van der Waals surface area contributed by atoms with Crippen LogP contribution in [0.1, 0.15) is 26.3 Å². The van der Waals surface area contributed by atoms with E-state index in [0.717, 1.165) is 11.3 Å². The van der Waals surface area contributed by atoms with Crippen LogP contribution in [0.4, 0.5) is 0 Å². The second-order valence-electron chi connectivity index (χ2n) is 5.90. The van der Waals surface area contributed by atoms with Crippen LogP contribution in [0, 0.1) is 0 Å². The van der Waals surface area contributed by atoms with Crippen molar-refractivity contribution < 1.29 is 19.4 Å². The van der Waals surface area contributed by atoms with E-state index in [1.807, 2.05) is 13.8 Å². The molecule has 7 nitrogen and oxygen atoms in total. The van der Waals surface area contributed by atoms with Crippen molar-refractivity contribution in [2.45, 2.75) is 27.3 Å². The lowest BCUT2D eigenvalue weighted by Crippen LogP contribution is -2.40. The first-order valence-electron chi connectivity index (χ1n) is 9.06. The Bertz CT molecular complexity index is 1020. The lowest BCUT2D eigenvalue weighted by molar-refractivity contribution is -0.135. The monoisotopic (exact) mass is 404 g/mol. The Morgan fingerprint density at radius 2 is 1.96 bits per heavy atom. The Kier molecular flexibility index (Phi) is 7.57. The molecule has 150 valence electrons. The molecule has 0 aliphatic rings. The molecule has 0 atom stereocenters. The van der Waals surface area contributed by atoms with Crippen molar-refractivity contribution in [3.05, 3.63) is 49.4 Å². The highest BCUT2D eigenvalue weighted by Gasteiger charge is 2.14. The van der Waals surface area contributed by atoms with Crippen molar-refractivity contribution in [2.24, 2.45) is 0 Å². The van der Waals surface area contributed by atoms with Gasteiger partial charge in [-0.05, 0) is 44.5 Å². The SMILES string of the molecule is CCOC(=O)/C=c1\s/c(=C\c2cccc(O)c2)c(=O)n1CC(=O)N(CC)CC. The molecular formula is C20H24N2O5S. The van der Waals surface area contributed by atoms with Gasteiger partial charge in [0.25, 0.3) is 5.56 Å². The number of carbonyl (C=O) groups is 2. The minimum atomic E-state index is -0.573. The summed E-state index contributed by atoms with van der Waals surface area (Å²) in [5.41, 5.74) is 0.271. The number of phenols is 1. The molecule has 0 unspecified atom stereocenters. The van der Waals surface area contributed by atoms with Crippen LogP contribution in [-0.2, 0) is 20.9 Å². The van der Waals surface area contributed by atoms with Crippen LogP contribution >= 0.6 is 11.3 Å². The normalized spacial score (nSPS) is 12.2. The fourth-order valence-corrected chi connectivity index (χ4v) is 3.69. The summed E-state index contributed by atoms with van der Waals surface area (Å²) in [4.78, 5) is 38.9. The summed E-state index contributed by atoms with van der Waals surface area (Å²) >= 11 is 1.10. The summed E-state index contributed by atoms with van der Waals surface area (Å²) in [6.45, 7) is 6.55. The zero-order valence-corrected chi connectivity index (χ0v) is 17.0. The van der Waals surface area contributed by atoms with Crippen LogP contribution in [0.2, 0.25) is 0 Å². The molecule has 0 radical (unpaired) electrons. The first-order chi connectivity index (χ1) is 13.4. The van der Waals surface area contributed by atoms with Crippen LogP contribution < -0.4 is 14.8 Å². The van der Waals surface area contributed by atoms with Gasteiger partial charge in [-0.2, -0.15) is 0 Å². The maximum atomic E-state index is 12.9. The topological polar surface area (TPSA) is 88.8 Å². The standard InChI is InChI=1S/C20H24N2O5S/c1-4-21(5-2)17(24)13-22-18(12-19(25)27-6-3)28-16(20(22)26)11-14-8-7-9-15(23)10-14/h7-12,23H,4-6,13H2,1-3H3/b16-11-,18-12-. The van der Waals surface area contributed by atoms with Gasteiger partial charge in [0.2, 0.25) is 5.91 Å². The predicted molar refractivity (Wildman–Crippen MR) is 109 cm³/mol. The Hall–Kier alpha value is -2.87. The van der Waals surface area contributed by atoms with E-state index in [2.05, 4.69) is 0 Å². The lowest BCUT2D eigenvalue weighted by Gasteiger charge is -2.18. The molecule has 0 saturated heterocycles. The van der Waals surface area contributed by atoms with Crippen molar-refractivity contribution in [1.29, 1.82) is 0 Å². The Morgan fingerprint density at radius 3 is 2.57 bits per heavy atom. The van der Waals surface area contributed by atoms with Crippen LogP contribution in [0.3, 0.4) is 0 Å². The predicted octanol–water partition coefficient (Wildman–Crippen LogP) is 0.656. The van der Waals surface area contributed by atoms with Gasteiger partial charge in [-0.1, -0.05) is 12.1 Å². The molecule has 0 aliphatic heterocycles. The molecule has 0 saturated carbocycles. The largest absolute Gasteiger partial charge is 0.508 e. The van der Waals surface area contributed by atoms with Crippen molar-refractivity contribution in [3.8, 4) is 5.75 Å². The number of rotatable bonds is 7. The molecule has 2 aromatic rings. The zero-order valence-electron chi connectivity index (χ0n) is 16.2. The Labute approximate surface area is 166 Å². The highest BCUT2D eigenvalue weighted by atomic mass is 32.1. The summed E-state index contributed by atoms with van der Waals surface area (Å²) < 4.78 is 6.92. The number of carbonyl (C=O) groups excluding carboxylic acids is 2. The van der Waals surface area contributed by atoms with Gasteiger partial charge < -0.3 is 14.7 Å². The summed E-state index contributed by atoms with van der Waals surface area (Å²) in [5.74, 6) is -0.690. The molecule has 8 heteroatoms. The van der Waals surface area contributed by atoms with Crippen LogP contribution in [-0.4, -0.2) is 46.1 Å². The van der Waals surface area contributed by atoms with Gasteiger partial charge in [0.15, 0.2) is 0 Å². The number of thiazole rings is 1. The average molecular weight is 404 g/mol. The minimum absolute atomic E-state index is 0.0839. The number of amides is 1. The maximum Gasteiger partial charge on any atom is 0.333 e. The van der Waals surface area contributed by atoms with Crippen molar-refractivity contribution in [1.82, 2.24) is 9.47 Å². The highest BCUT2D eigenvalue weighted by Crippen LogP contribution is 2.10. The van der Waals surface area contributed by atoms with E-state index in [-0.39, 0.29) is 30.4 Å². The van der Waals surface area contributed by atoms with Gasteiger partial charge in [0.05, 0.1) is 17.2 Å². The number of aromatic hydroxyl groups is 1. The smallest absolute Gasteiger partial charge is 0.333 e. The van der Waals surface area contributed by atoms with E-state index in [9.17, 15) is 19.5 Å². The third-order valence-corrected chi connectivity index (χ3v) is 5.10. The number of nitrogens with zero attached hydrogens (tertiary/aromatic N) is 2. The highest BCUT2D eigenvalue weighted by molar-refractivity contribution is 7.07. The number of phenolic OH excluding ortho intramolecular Hbond substituents is 1. The van der Waals surface area contributed by atoms with Gasteiger partial charge in [-0.3, -0.25) is 14.2 Å². The van der Waals surface area contributed by atoms with E-state index >= 15 is 0 Å². The van der Waals surface area contributed by atoms with Crippen LogP contribution in [0.25, 0.3) is 12.2 Å². The average Bonchev–Trinajstić information content (AvgIpc) is 2.91. The molecule has 0 bridgehead atoms. The third kappa shape index (κ3) is 5.32. The Balaban J connectivity index is 2.58. The van der Waals surface area contributed by atoms with E-state index in [0.29, 0.717) is 27.8 Å². The lowest BCUT2D eigenvalue weighted by atomic mass is 10.2. The number of ether oxygens (including phenoxy) is 1. The number of benzene rings is 1. The number of hydrogen-bond acceptors (Lipinski definition) is 6.